The van der Waals surface area contributed by atoms with Gasteiger partial charge in [0.15, 0.2) is 0 Å². The normalized spacial score (nSPS) is 12.1. The van der Waals surface area contributed by atoms with E-state index in [-0.39, 0.29) is 68.0 Å². The lowest BCUT2D eigenvalue weighted by Crippen LogP contribution is -2.54. The predicted octanol–water partition coefficient (Wildman–Crippen LogP) is 12.2. The number of anilines is 6. The van der Waals surface area contributed by atoms with Crippen molar-refractivity contribution in [2.75, 3.05) is 32.7 Å². The zero-order valence-corrected chi connectivity index (χ0v) is 44.2. The molecule has 0 aromatic heterocycles. The Morgan fingerprint density at radius 3 is 0.783 bits per heavy atom. The Balaban J connectivity index is 0.929. The van der Waals surface area contributed by atoms with Crippen molar-refractivity contribution < 1.29 is 76.2 Å². The van der Waals surface area contributed by atoms with Gasteiger partial charge in [-0.05, 0) is 155 Å². The highest BCUT2D eigenvalue weighted by atomic mass is 19.4. The average molecular weight is 1140 g/mol. The van der Waals surface area contributed by atoms with Crippen molar-refractivity contribution in [3.63, 3.8) is 0 Å². The molecule has 83 heavy (non-hydrogen) atoms. The molecule has 0 spiro atoms. The zero-order chi connectivity index (χ0) is 60.7. The number of phenolic OH excluding ortho intramolecular Hbond substituents is 6. The average Bonchev–Trinajstić information content (AvgIpc) is 1.19. The third-order valence-electron chi connectivity index (χ3n) is 14.5. The van der Waals surface area contributed by atoms with Crippen LogP contribution in [0.4, 0.5) is 60.5 Å². The van der Waals surface area contributed by atoms with Crippen LogP contribution in [0, 0.1) is 0 Å². The minimum Gasteiger partial charge on any atom is -0.506 e. The molecule has 0 saturated heterocycles. The summed E-state index contributed by atoms with van der Waals surface area (Å²) in [6.07, 6.45) is -12.1. The highest BCUT2D eigenvalue weighted by Crippen LogP contribution is 2.57. The van der Waals surface area contributed by atoms with E-state index < -0.39 is 86.2 Å². The van der Waals surface area contributed by atoms with Gasteiger partial charge in [-0.3, -0.25) is 19.2 Å². The van der Waals surface area contributed by atoms with Gasteiger partial charge in [-0.15, -0.1) is 0 Å². The molecule has 0 aliphatic rings. The molecule has 0 unspecified atom stereocenters. The van der Waals surface area contributed by atoms with Gasteiger partial charge < -0.3 is 63.4 Å². The number of nitrogens with one attached hydrogen (secondary N) is 4. The minimum atomic E-state index is -6.07. The second-order valence-electron chi connectivity index (χ2n) is 20.4. The molecule has 0 aliphatic carbocycles. The maximum atomic E-state index is 14.8. The van der Waals surface area contributed by atoms with Crippen molar-refractivity contribution in [2.45, 2.75) is 56.3 Å². The van der Waals surface area contributed by atoms with Gasteiger partial charge in [-0.25, -0.2) is 0 Å². The van der Waals surface area contributed by atoms with Crippen LogP contribution in [0.5, 0.6) is 34.5 Å². The molecule has 0 aliphatic heterocycles. The van der Waals surface area contributed by atoms with Crippen LogP contribution in [0.2, 0.25) is 0 Å². The number of rotatable bonds is 14. The minimum absolute atomic E-state index is 0.0203. The summed E-state index contributed by atoms with van der Waals surface area (Å²) in [5.74, 6) is -5.68. The monoisotopic (exact) mass is 1140 g/mol. The van der Waals surface area contributed by atoms with Crippen molar-refractivity contribution in [2.24, 2.45) is 0 Å². The summed E-state index contributed by atoms with van der Waals surface area (Å²) in [7, 11) is 0. The number of hydrogen-bond donors (Lipinski definition) is 12. The first-order valence-corrected chi connectivity index (χ1v) is 24.9. The lowest BCUT2D eigenvalue weighted by molar-refractivity contribution is -0.288. The molecule has 8 rings (SSSR count). The van der Waals surface area contributed by atoms with Gasteiger partial charge in [0.05, 0.1) is 34.1 Å². The zero-order valence-electron chi connectivity index (χ0n) is 44.2. The summed E-state index contributed by atoms with van der Waals surface area (Å²) in [6.45, 7) is 7.42. The quantitative estimate of drug-likeness (QED) is 0.0275. The summed E-state index contributed by atoms with van der Waals surface area (Å²) in [5.41, 5.74) is 3.45. The molecule has 0 saturated carbocycles. The van der Waals surface area contributed by atoms with E-state index in [1.54, 1.807) is 50.2 Å². The number of nitrogens with two attached hydrogens (primary N) is 2. The first kappa shape index (κ1) is 58.8. The van der Waals surface area contributed by atoms with E-state index in [1.165, 1.54) is 72.8 Å². The number of carbonyl (C=O) groups is 4. The highest BCUT2D eigenvalue weighted by molar-refractivity contribution is 6.09. The molecular formula is C61H52F6N6O10. The molecule has 0 radical (unpaired) electrons. The number of nitrogen functional groups attached to an aromatic ring is 2. The molecule has 8 aromatic carbocycles. The van der Waals surface area contributed by atoms with Crippen molar-refractivity contribution in [3.05, 3.63) is 213 Å². The van der Waals surface area contributed by atoms with Gasteiger partial charge in [0.1, 0.15) is 34.5 Å². The highest BCUT2D eigenvalue weighted by Gasteiger charge is 2.72. The second-order valence-corrected chi connectivity index (χ2v) is 20.4. The fourth-order valence-corrected chi connectivity index (χ4v) is 9.31. The van der Waals surface area contributed by atoms with Gasteiger partial charge in [-0.1, -0.05) is 64.1 Å². The van der Waals surface area contributed by atoms with Crippen molar-refractivity contribution >= 4 is 57.8 Å². The molecule has 22 heteroatoms. The fourth-order valence-electron chi connectivity index (χ4n) is 9.31. The Labute approximate surface area is 469 Å². The number of amides is 4. The molecule has 428 valence electrons. The topological polar surface area (TPSA) is 290 Å². The third kappa shape index (κ3) is 11.5. The van der Waals surface area contributed by atoms with E-state index in [1.807, 2.05) is 13.8 Å². The molecule has 0 bridgehead atoms. The van der Waals surface area contributed by atoms with E-state index in [4.69, 9.17) is 11.5 Å². The van der Waals surface area contributed by atoms with Crippen LogP contribution in [0.25, 0.3) is 0 Å². The van der Waals surface area contributed by atoms with Gasteiger partial charge >= 0.3 is 12.4 Å². The maximum absolute atomic E-state index is 14.8. The standard InChI is InChI=1S/C61H52F6N6O10/c1-57(2,35-13-19-47(74)41(68)25-35)36-14-21-49(76)43(27-36)70-53(80)31-5-7-32(8-6-31)54(81)71-44-28-37(15-22-50(44)77)58(3,4)38-16-23-51(78)45(29-38)72-55(82)33-9-11-34(12-10-33)56(83)73-46-30-40(18-24-52(46)79)59(60(62,63)64,61(65,66)67)39-17-20-48(75)42(69)26-39/h5-30,74-79H,68-69H2,1-4H3,(H,70,80)(H,71,81)(H,72,82)(H,73,83). The number of halogens is 6. The van der Waals surface area contributed by atoms with Crippen molar-refractivity contribution in [1.29, 1.82) is 0 Å². The van der Waals surface area contributed by atoms with Gasteiger partial charge in [0.2, 0.25) is 5.41 Å². The van der Waals surface area contributed by atoms with Gasteiger partial charge in [0.25, 0.3) is 23.6 Å². The first-order valence-electron chi connectivity index (χ1n) is 24.9. The van der Waals surface area contributed by atoms with Crippen molar-refractivity contribution in [1.82, 2.24) is 0 Å². The number of alkyl halides is 6. The lowest BCUT2D eigenvalue weighted by Gasteiger charge is -2.38. The van der Waals surface area contributed by atoms with E-state index in [0.717, 1.165) is 23.3 Å². The summed E-state index contributed by atoms with van der Waals surface area (Å²) in [6, 6.07) is 31.2. The summed E-state index contributed by atoms with van der Waals surface area (Å²) < 4.78 is 88.9. The van der Waals surface area contributed by atoms with Gasteiger partial charge in [0, 0.05) is 33.1 Å². The SMILES string of the molecule is CC(C)(c1ccc(O)c(N)c1)c1ccc(O)c(NC(=O)c2ccc(C(=O)Nc3cc(C(C)(C)c4ccc(O)c(NC(=O)c5ccc(C(=O)Nc6cc(C(c7ccc(O)c(N)c7)(C(F)(F)F)C(F)(F)F)ccc6O)cc5)c4)ccc3O)cc2)c1. The molecule has 8 aromatic rings. The van der Waals surface area contributed by atoms with Crippen molar-refractivity contribution in [3.8, 4) is 34.5 Å². The van der Waals surface area contributed by atoms with Crippen LogP contribution in [0.15, 0.2) is 158 Å². The summed E-state index contributed by atoms with van der Waals surface area (Å²) >= 11 is 0. The Hall–Kier alpha value is -10.4. The molecule has 0 fully saturated rings. The van der Waals surface area contributed by atoms with Crippen LogP contribution < -0.4 is 32.7 Å². The molecule has 16 nitrogen and oxygen atoms in total. The first-order chi connectivity index (χ1) is 38.8. The Bertz CT molecular complexity index is 3850. The van der Waals surface area contributed by atoms with E-state index in [0.29, 0.717) is 47.5 Å². The number of carbonyl (C=O) groups excluding carboxylic acids is 4. The number of aromatic hydroxyl groups is 6. The fraction of sp³-hybridized carbons (Fsp3) is 0.148. The maximum Gasteiger partial charge on any atom is 0.411 e. The number of hydrogen-bond acceptors (Lipinski definition) is 12. The molecular weight excluding hydrogens is 1090 g/mol. The van der Waals surface area contributed by atoms with Crippen LogP contribution in [-0.4, -0.2) is 66.6 Å². The largest absolute Gasteiger partial charge is 0.506 e. The third-order valence-corrected chi connectivity index (χ3v) is 14.5. The van der Waals surface area contributed by atoms with E-state index in [2.05, 4.69) is 21.3 Å². The van der Waals surface area contributed by atoms with Crippen LogP contribution in [-0.2, 0) is 16.2 Å². The van der Waals surface area contributed by atoms with Gasteiger partial charge in [-0.2, -0.15) is 26.3 Å². The van der Waals surface area contributed by atoms with E-state index >= 15 is 0 Å². The summed E-state index contributed by atoms with van der Waals surface area (Å²) in [4.78, 5) is 53.8. The smallest absolute Gasteiger partial charge is 0.411 e. The Morgan fingerprint density at radius 2 is 0.530 bits per heavy atom. The molecule has 4 amide bonds. The Morgan fingerprint density at radius 1 is 0.325 bits per heavy atom. The lowest BCUT2D eigenvalue weighted by atomic mass is 9.72. The van der Waals surface area contributed by atoms with E-state index in [9.17, 15) is 76.2 Å². The number of phenols is 6. The van der Waals surface area contributed by atoms with Crippen LogP contribution >= 0.6 is 0 Å². The molecule has 0 heterocycles. The predicted molar refractivity (Wildman–Crippen MR) is 299 cm³/mol. The Kier molecular flexibility index (Phi) is 15.5. The molecule has 14 N–H and O–H groups in total. The van der Waals surface area contributed by atoms with Crippen LogP contribution in [0.1, 0.15) is 103 Å². The molecule has 0 atom stereocenters. The number of benzene rings is 8. The van der Waals surface area contributed by atoms with Crippen LogP contribution in [0.3, 0.4) is 0 Å². The summed E-state index contributed by atoms with van der Waals surface area (Å²) in [5, 5.41) is 72.6. The second kappa shape index (κ2) is 21.9.